The topological polar surface area (TPSA) is 57.2 Å². The van der Waals surface area contributed by atoms with Crippen LogP contribution in [0.2, 0.25) is 0 Å². The summed E-state index contributed by atoms with van der Waals surface area (Å²) in [5.74, 6) is 1.58. The molecule has 1 aliphatic carbocycles. The Morgan fingerprint density at radius 1 is 1.38 bits per heavy atom. The van der Waals surface area contributed by atoms with Crippen molar-refractivity contribution < 1.29 is 9.53 Å². The van der Waals surface area contributed by atoms with E-state index >= 15 is 0 Å². The number of fused-ring (bicyclic) bond motifs is 1. The second-order valence-corrected chi connectivity index (χ2v) is 7.03. The van der Waals surface area contributed by atoms with Gasteiger partial charge in [-0.2, -0.15) is 0 Å². The number of ether oxygens (including phenoxy) is 1. The van der Waals surface area contributed by atoms with Gasteiger partial charge in [0.05, 0.1) is 6.61 Å². The molecule has 1 amide bonds. The number of rotatable bonds is 8. The van der Waals surface area contributed by atoms with Crippen LogP contribution in [0.4, 0.5) is 5.69 Å². The Morgan fingerprint density at radius 2 is 2.19 bits per heavy atom. The van der Waals surface area contributed by atoms with Gasteiger partial charge >= 0.3 is 0 Å². The molecule has 1 aromatic rings. The normalized spacial score (nSPS) is 16.5. The first-order chi connectivity index (χ1) is 12.7. The summed E-state index contributed by atoms with van der Waals surface area (Å²) in [6, 6.07) is 8.10. The van der Waals surface area contributed by atoms with Crippen molar-refractivity contribution in [2.45, 2.75) is 26.2 Å². The fraction of sp³-hybridized carbons (Fsp3) is 0.600. The highest BCUT2D eigenvalue weighted by Gasteiger charge is 2.24. The molecule has 0 spiro atoms. The zero-order chi connectivity index (χ0) is 18.4. The maximum Gasteiger partial charge on any atom is 0.248 e. The van der Waals surface area contributed by atoms with E-state index in [1.54, 1.807) is 0 Å². The van der Waals surface area contributed by atoms with Gasteiger partial charge in [-0.05, 0) is 43.7 Å². The summed E-state index contributed by atoms with van der Waals surface area (Å²) in [5.41, 5.74) is 2.26. The maximum absolute atomic E-state index is 12.6. The van der Waals surface area contributed by atoms with Crippen molar-refractivity contribution in [2.24, 2.45) is 10.9 Å². The van der Waals surface area contributed by atoms with Gasteiger partial charge in [0.25, 0.3) is 0 Å². The number of nitrogens with one attached hydrogen (secondary N) is 1. The first-order valence-electron chi connectivity index (χ1n) is 9.64. The van der Waals surface area contributed by atoms with Crippen LogP contribution in [-0.4, -0.2) is 63.2 Å². The summed E-state index contributed by atoms with van der Waals surface area (Å²) in [6.45, 7) is 6.02. The summed E-state index contributed by atoms with van der Waals surface area (Å²) < 4.78 is 5.70. The van der Waals surface area contributed by atoms with E-state index in [1.807, 2.05) is 42.0 Å². The largest absolute Gasteiger partial charge is 0.379 e. The van der Waals surface area contributed by atoms with E-state index in [1.165, 1.54) is 18.4 Å². The first-order valence-corrected chi connectivity index (χ1v) is 9.64. The van der Waals surface area contributed by atoms with Gasteiger partial charge in [0, 0.05) is 39.0 Å². The number of likely N-dealkylation sites (N-methyl/N-ethyl adjacent to an activating group) is 1. The number of anilines is 1. The number of nitrogens with zero attached hydrogens (tertiary/aromatic N) is 3. The predicted octanol–water partition coefficient (Wildman–Crippen LogP) is 1.90. The lowest BCUT2D eigenvalue weighted by molar-refractivity contribution is -0.117. The van der Waals surface area contributed by atoms with Crippen LogP contribution in [0.1, 0.15) is 25.3 Å². The van der Waals surface area contributed by atoms with Crippen LogP contribution < -0.4 is 10.2 Å². The molecule has 0 unspecified atom stereocenters. The number of amides is 1. The van der Waals surface area contributed by atoms with E-state index in [2.05, 4.69) is 16.4 Å². The van der Waals surface area contributed by atoms with Crippen LogP contribution in [-0.2, 0) is 16.0 Å². The standard InChI is InChI=1S/C20H30N4O2/c1-3-21-20(23(2)12-13-26-15-16-8-9-16)22-14-19(25)24-11-10-17-6-4-5-7-18(17)24/h4-7,16H,3,8-15H2,1-2H3,(H,21,22). The zero-order valence-corrected chi connectivity index (χ0v) is 15.9. The molecule has 1 saturated carbocycles. The quantitative estimate of drug-likeness (QED) is 0.438. The van der Waals surface area contributed by atoms with Gasteiger partial charge in [0.15, 0.2) is 5.96 Å². The van der Waals surface area contributed by atoms with E-state index in [9.17, 15) is 4.79 Å². The molecule has 1 aromatic carbocycles. The Bertz CT molecular complexity index is 642. The minimum atomic E-state index is 0.0451. The Hall–Kier alpha value is -2.08. The number of benzene rings is 1. The molecule has 1 heterocycles. The first kappa shape index (κ1) is 18.7. The average Bonchev–Trinajstić information content (AvgIpc) is 3.38. The molecule has 6 nitrogen and oxygen atoms in total. The fourth-order valence-electron chi connectivity index (χ4n) is 3.14. The smallest absolute Gasteiger partial charge is 0.248 e. The predicted molar refractivity (Wildman–Crippen MR) is 105 cm³/mol. The molecule has 0 atom stereocenters. The SMILES string of the molecule is CCNC(=NCC(=O)N1CCc2ccccc21)N(C)CCOCC1CC1. The van der Waals surface area contributed by atoms with Crippen molar-refractivity contribution in [3.63, 3.8) is 0 Å². The van der Waals surface area contributed by atoms with E-state index in [0.29, 0.717) is 6.61 Å². The molecule has 0 bridgehead atoms. The van der Waals surface area contributed by atoms with Crippen molar-refractivity contribution in [3.05, 3.63) is 29.8 Å². The summed E-state index contributed by atoms with van der Waals surface area (Å²) in [5, 5.41) is 3.26. The third-order valence-corrected chi connectivity index (χ3v) is 4.87. The maximum atomic E-state index is 12.6. The molecule has 2 aliphatic rings. The van der Waals surface area contributed by atoms with E-state index in [4.69, 9.17) is 4.74 Å². The number of hydrogen-bond acceptors (Lipinski definition) is 3. The molecule has 3 rings (SSSR count). The lowest BCUT2D eigenvalue weighted by Crippen LogP contribution is -2.41. The van der Waals surface area contributed by atoms with Crippen molar-refractivity contribution in [2.75, 3.05) is 51.3 Å². The van der Waals surface area contributed by atoms with Crippen LogP contribution in [0.5, 0.6) is 0 Å². The minimum Gasteiger partial charge on any atom is -0.379 e. The summed E-state index contributed by atoms with van der Waals surface area (Å²) >= 11 is 0. The molecule has 1 aliphatic heterocycles. The number of carbonyl (C=O) groups excluding carboxylic acids is 1. The Morgan fingerprint density at radius 3 is 2.96 bits per heavy atom. The highest BCUT2D eigenvalue weighted by atomic mass is 16.5. The van der Waals surface area contributed by atoms with E-state index in [0.717, 1.165) is 50.2 Å². The third-order valence-electron chi connectivity index (χ3n) is 4.87. The number of para-hydroxylation sites is 1. The van der Waals surface area contributed by atoms with Crippen LogP contribution in [0.15, 0.2) is 29.3 Å². The molecule has 0 saturated heterocycles. The average molecular weight is 358 g/mol. The highest BCUT2D eigenvalue weighted by Crippen LogP contribution is 2.28. The van der Waals surface area contributed by atoms with Gasteiger partial charge in [-0.15, -0.1) is 0 Å². The summed E-state index contributed by atoms with van der Waals surface area (Å²) in [6.07, 6.45) is 3.54. The van der Waals surface area contributed by atoms with E-state index in [-0.39, 0.29) is 12.5 Å². The Balaban J connectivity index is 1.51. The molecule has 0 radical (unpaired) electrons. The van der Waals surface area contributed by atoms with Crippen LogP contribution in [0.3, 0.4) is 0 Å². The molecule has 1 fully saturated rings. The molecule has 26 heavy (non-hydrogen) atoms. The molecular weight excluding hydrogens is 328 g/mol. The second kappa shape index (κ2) is 9.03. The van der Waals surface area contributed by atoms with Crippen molar-refractivity contribution in [1.82, 2.24) is 10.2 Å². The molecule has 0 aromatic heterocycles. The lowest BCUT2D eigenvalue weighted by Gasteiger charge is -2.22. The zero-order valence-electron chi connectivity index (χ0n) is 15.9. The Labute approximate surface area is 156 Å². The van der Waals surface area contributed by atoms with Crippen LogP contribution in [0.25, 0.3) is 0 Å². The van der Waals surface area contributed by atoms with Gasteiger partial charge in [0.2, 0.25) is 5.91 Å². The third kappa shape index (κ3) is 4.97. The Kier molecular flexibility index (Phi) is 6.50. The highest BCUT2D eigenvalue weighted by molar-refractivity contribution is 5.98. The minimum absolute atomic E-state index is 0.0451. The number of guanidine groups is 1. The lowest BCUT2D eigenvalue weighted by atomic mass is 10.2. The molecule has 142 valence electrons. The van der Waals surface area contributed by atoms with Gasteiger partial charge in [-0.1, -0.05) is 18.2 Å². The van der Waals surface area contributed by atoms with Crippen molar-refractivity contribution >= 4 is 17.6 Å². The van der Waals surface area contributed by atoms with E-state index < -0.39 is 0 Å². The van der Waals surface area contributed by atoms with Crippen LogP contribution in [0, 0.1) is 5.92 Å². The summed E-state index contributed by atoms with van der Waals surface area (Å²) in [4.78, 5) is 21.0. The van der Waals surface area contributed by atoms with Gasteiger partial charge < -0.3 is 19.9 Å². The van der Waals surface area contributed by atoms with Gasteiger partial charge in [-0.25, -0.2) is 4.99 Å². The number of carbonyl (C=O) groups is 1. The second-order valence-electron chi connectivity index (χ2n) is 7.03. The fourth-order valence-corrected chi connectivity index (χ4v) is 3.14. The molecule has 6 heteroatoms. The molecule has 1 N–H and O–H groups in total. The van der Waals surface area contributed by atoms with Gasteiger partial charge in [-0.3, -0.25) is 4.79 Å². The summed E-state index contributed by atoms with van der Waals surface area (Å²) in [7, 11) is 1.98. The molecular formula is C20H30N4O2. The van der Waals surface area contributed by atoms with Gasteiger partial charge in [0.1, 0.15) is 6.54 Å². The number of hydrogen-bond donors (Lipinski definition) is 1. The van der Waals surface area contributed by atoms with Crippen molar-refractivity contribution in [1.29, 1.82) is 0 Å². The van der Waals surface area contributed by atoms with Crippen molar-refractivity contribution in [3.8, 4) is 0 Å². The van der Waals surface area contributed by atoms with Crippen LogP contribution >= 0.6 is 0 Å². The monoisotopic (exact) mass is 358 g/mol. The number of aliphatic imine (C=N–C) groups is 1.